The summed E-state index contributed by atoms with van der Waals surface area (Å²) in [6.45, 7) is 3.98. The first kappa shape index (κ1) is 20.7. The first-order valence-corrected chi connectivity index (χ1v) is 8.89. The number of halogens is 1. The van der Waals surface area contributed by atoms with Gasteiger partial charge in [-0.2, -0.15) is 0 Å². The van der Waals surface area contributed by atoms with E-state index in [1.54, 1.807) is 24.3 Å². The van der Waals surface area contributed by atoms with Crippen LogP contribution in [0, 0.1) is 0 Å². The lowest BCUT2D eigenvalue weighted by atomic mass is 10.2. The highest BCUT2D eigenvalue weighted by Gasteiger charge is 2.18. The quantitative estimate of drug-likeness (QED) is 0.720. The maximum atomic E-state index is 12.3. The van der Waals surface area contributed by atoms with Crippen LogP contribution in [0.15, 0.2) is 36.5 Å². The number of nitrogens with one attached hydrogen (secondary N) is 1. The molecular formula is C19H23ClN4O3. The van der Waals surface area contributed by atoms with Crippen molar-refractivity contribution in [3.63, 3.8) is 0 Å². The van der Waals surface area contributed by atoms with Gasteiger partial charge in [-0.15, -0.1) is 0 Å². The van der Waals surface area contributed by atoms with E-state index >= 15 is 0 Å². The van der Waals surface area contributed by atoms with Crippen molar-refractivity contribution in [3.8, 4) is 0 Å². The normalized spacial score (nSPS) is 10.7. The number of nitrogens with zero attached hydrogens (tertiary/aromatic N) is 3. The summed E-state index contributed by atoms with van der Waals surface area (Å²) in [4.78, 5) is 32.3. The summed E-state index contributed by atoms with van der Waals surface area (Å²) in [5.41, 5.74) is 0.783. The van der Waals surface area contributed by atoms with Crippen LogP contribution in [0.4, 0.5) is 11.5 Å². The molecule has 1 aromatic heterocycles. The van der Waals surface area contributed by atoms with Crippen LogP contribution in [0.2, 0.25) is 5.02 Å². The van der Waals surface area contributed by atoms with Gasteiger partial charge in [0, 0.05) is 30.2 Å². The number of aromatic carboxylic acids is 1. The van der Waals surface area contributed by atoms with Gasteiger partial charge < -0.3 is 20.2 Å². The Morgan fingerprint density at radius 3 is 2.41 bits per heavy atom. The number of carbonyl (C=O) groups is 2. The van der Waals surface area contributed by atoms with Crippen molar-refractivity contribution in [3.05, 3.63) is 52.7 Å². The molecule has 0 fully saturated rings. The van der Waals surface area contributed by atoms with Gasteiger partial charge in [0.2, 0.25) is 0 Å². The number of benzene rings is 1. The topological polar surface area (TPSA) is 85.8 Å². The number of amides is 1. The molecule has 0 bridgehead atoms. The van der Waals surface area contributed by atoms with Crippen LogP contribution in [0.25, 0.3) is 0 Å². The molecule has 0 radical (unpaired) electrons. The number of aromatic nitrogens is 1. The first-order valence-electron chi connectivity index (χ1n) is 8.51. The third-order valence-electron chi connectivity index (χ3n) is 3.96. The maximum absolute atomic E-state index is 12.3. The minimum atomic E-state index is -1.09. The fourth-order valence-electron chi connectivity index (χ4n) is 2.47. The third-order valence-corrected chi connectivity index (χ3v) is 4.21. The van der Waals surface area contributed by atoms with E-state index in [9.17, 15) is 14.7 Å². The molecule has 2 aromatic rings. The van der Waals surface area contributed by atoms with Gasteiger partial charge in [-0.25, -0.2) is 9.78 Å². The molecule has 0 aliphatic heterocycles. The maximum Gasteiger partial charge on any atom is 0.339 e. The molecule has 0 atom stereocenters. The number of likely N-dealkylation sites (N-methyl/N-ethyl adjacent to an activating group) is 2. The summed E-state index contributed by atoms with van der Waals surface area (Å²) in [5.74, 6) is -1.07. The largest absolute Gasteiger partial charge is 0.478 e. The minimum Gasteiger partial charge on any atom is -0.478 e. The van der Waals surface area contributed by atoms with Crippen LogP contribution in [-0.4, -0.2) is 60.6 Å². The van der Waals surface area contributed by atoms with E-state index in [0.717, 1.165) is 6.54 Å². The van der Waals surface area contributed by atoms with Crippen molar-refractivity contribution < 1.29 is 14.7 Å². The van der Waals surface area contributed by atoms with Crippen LogP contribution in [0.1, 0.15) is 27.6 Å². The molecule has 8 heteroatoms. The van der Waals surface area contributed by atoms with Gasteiger partial charge in [0.1, 0.15) is 11.4 Å². The molecule has 0 aliphatic carbocycles. The van der Waals surface area contributed by atoms with Crippen molar-refractivity contribution in [2.45, 2.75) is 6.92 Å². The highest BCUT2D eigenvalue weighted by molar-refractivity contribution is 6.30. The highest BCUT2D eigenvalue weighted by atomic mass is 35.5. The molecule has 0 aliphatic rings. The van der Waals surface area contributed by atoms with E-state index in [-0.39, 0.29) is 11.5 Å². The molecule has 1 aromatic carbocycles. The number of rotatable bonds is 8. The van der Waals surface area contributed by atoms with E-state index in [1.807, 2.05) is 30.8 Å². The molecule has 1 amide bonds. The van der Waals surface area contributed by atoms with Crippen LogP contribution in [-0.2, 0) is 0 Å². The van der Waals surface area contributed by atoms with Gasteiger partial charge in [-0.05, 0) is 51.4 Å². The predicted octanol–water partition coefficient (Wildman–Crippen LogP) is 3.07. The van der Waals surface area contributed by atoms with Gasteiger partial charge in [0.25, 0.3) is 5.91 Å². The van der Waals surface area contributed by atoms with E-state index < -0.39 is 5.97 Å². The second-order valence-electron chi connectivity index (χ2n) is 6.24. The van der Waals surface area contributed by atoms with Crippen molar-refractivity contribution in [2.24, 2.45) is 0 Å². The average Bonchev–Trinajstić information content (AvgIpc) is 2.63. The lowest BCUT2D eigenvalue weighted by Gasteiger charge is -2.25. The van der Waals surface area contributed by atoms with Gasteiger partial charge in [-0.3, -0.25) is 4.79 Å². The molecule has 2 rings (SSSR count). The van der Waals surface area contributed by atoms with Crippen LogP contribution < -0.4 is 10.2 Å². The zero-order valence-corrected chi connectivity index (χ0v) is 16.3. The smallest absolute Gasteiger partial charge is 0.339 e. The SMILES string of the molecule is CCN(CCN(C)C)c1ncc(NC(=O)c2ccc(Cl)cc2)cc1C(=O)O. The number of hydrogen-bond donors (Lipinski definition) is 2. The van der Waals surface area contributed by atoms with E-state index in [4.69, 9.17) is 11.6 Å². The van der Waals surface area contributed by atoms with E-state index in [0.29, 0.717) is 35.2 Å². The Balaban J connectivity index is 2.24. The number of carbonyl (C=O) groups excluding carboxylic acids is 1. The number of pyridine rings is 1. The molecule has 0 saturated carbocycles. The minimum absolute atomic E-state index is 0.0458. The number of carboxylic acids is 1. The zero-order chi connectivity index (χ0) is 20.0. The Labute approximate surface area is 163 Å². The first-order chi connectivity index (χ1) is 12.8. The van der Waals surface area contributed by atoms with Gasteiger partial charge in [-0.1, -0.05) is 11.6 Å². The van der Waals surface area contributed by atoms with E-state index in [1.165, 1.54) is 12.3 Å². The third kappa shape index (κ3) is 5.67. The molecule has 0 saturated heterocycles. The van der Waals surface area contributed by atoms with Crippen molar-refractivity contribution >= 4 is 35.0 Å². The molecule has 0 spiro atoms. The van der Waals surface area contributed by atoms with Crippen LogP contribution in [0.5, 0.6) is 0 Å². The standard InChI is InChI=1S/C19H23ClN4O3/c1-4-24(10-9-23(2)3)17-16(19(26)27)11-15(12-21-17)22-18(25)13-5-7-14(20)8-6-13/h5-8,11-12H,4,9-10H2,1-3H3,(H,22,25)(H,26,27). The van der Waals surface area contributed by atoms with Crippen LogP contribution in [0.3, 0.4) is 0 Å². The summed E-state index contributed by atoms with van der Waals surface area (Å²) >= 11 is 5.82. The van der Waals surface area contributed by atoms with Gasteiger partial charge >= 0.3 is 5.97 Å². The molecule has 2 N–H and O–H groups in total. The van der Waals surface area contributed by atoms with Gasteiger partial charge in [0.05, 0.1) is 11.9 Å². The molecular weight excluding hydrogens is 368 g/mol. The number of anilines is 2. The Hall–Kier alpha value is -2.64. The van der Waals surface area contributed by atoms with Gasteiger partial charge in [0.15, 0.2) is 0 Å². The zero-order valence-electron chi connectivity index (χ0n) is 15.6. The summed E-state index contributed by atoms with van der Waals surface area (Å²) in [7, 11) is 3.91. The summed E-state index contributed by atoms with van der Waals surface area (Å²) in [6, 6.07) is 7.85. The van der Waals surface area contributed by atoms with Crippen LogP contribution >= 0.6 is 11.6 Å². The monoisotopic (exact) mass is 390 g/mol. The average molecular weight is 391 g/mol. The molecule has 7 nitrogen and oxygen atoms in total. The summed E-state index contributed by atoms with van der Waals surface area (Å²) in [6.07, 6.45) is 1.47. The molecule has 144 valence electrons. The Morgan fingerprint density at radius 1 is 1.19 bits per heavy atom. The molecule has 1 heterocycles. The second kappa shape index (κ2) is 9.34. The number of hydrogen-bond acceptors (Lipinski definition) is 5. The lowest BCUT2D eigenvalue weighted by molar-refractivity contribution is 0.0696. The summed E-state index contributed by atoms with van der Waals surface area (Å²) < 4.78 is 0. The Kier molecular flexibility index (Phi) is 7.15. The predicted molar refractivity (Wildman–Crippen MR) is 107 cm³/mol. The molecule has 0 unspecified atom stereocenters. The number of carboxylic acid groups (broad SMARTS) is 1. The van der Waals surface area contributed by atoms with Crippen molar-refractivity contribution in [1.29, 1.82) is 0 Å². The lowest BCUT2D eigenvalue weighted by Crippen LogP contribution is -2.33. The Bertz CT molecular complexity index is 809. The van der Waals surface area contributed by atoms with Crippen molar-refractivity contribution in [2.75, 3.05) is 43.9 Å². The van der Waals surface area contributed by atoms with E-state index in [2.05, 4.69) is 10.3 Å². The fraction of sp³-hybridized carbons (Fsp3) is 0.316. The fourth-order valence-corrected chi connectivity index (χ4v) is 2.60. The molecule has 27 heavy (non-hydrogen) atoms. The second-order valence-corrected chi connectivity index (χ2v) is 6.68. The Morgan fingerprint density at radius 2 is 1.85 bits per heavy atom. The van der Waals surface area contributed by atoms with Crippen molar-refractivity contribution in [1.82, 2.24) is 9.88 Å². The summed E-state index contributed by atoms with van der Waals surface area (Å²) in [5, 5.41) is 12.8. The highest BCUT2D eigenvalue weighted by Crippen LogP contribution is 2.22.